The Morgan fingerprint density at radius 2 is 2.26 bits per heavy atom. The number of carbonyl (C=O) groups is 1. The second-order valence-corrected chi connectivity index (χ2v) is 3.93. The van der Waals surface area contributed by atoms with E-state index in [1.807, 2.05) is 0 Å². The van der Waals surface area contributed by atoms with Gasteiger partial charge in [0.1, 0.15) is 11.5 Å². The molecule has 0 bridgehead atoms. The molecule has 98 valence electrons. The maximum atomic E-state index is 11.7. The quantitative estimate of drug-likeness (QED) is 0.794. The number of hydrogen-bond donors (Lipinski definition) is 2. The van der Waals surface area contributed by atoms with Gasteiger partial charge < -0.3 is 10.3 Å². The zero-order chi connectivity index (χ0) is 13.7. The molecule has 0 aliphatic carbocycles. The van der Waals surface area contributed by atoms with Crippen molar-refractivity contribution in [2.45, 2.75) is 13.3 Å². The fourth-order valence-corrected chi connectivity index (χ4v) is 1.56. The highest BCUT2D eigenvalue weighted by Gasteiger charge is 2.06. The summed E-state index contributed by atoms with van der Waals surface area (Å²) in [6.45, 7) is 2.11. The van der Waals surface area contributed by atoms with Gasteiger partial charge in [-0.3, -0.25) is 14.6 Å². The summed E-state index contributed by atoms with van der Waals surface area (Å²) < 4.78 is 0. The van der Waals surface area contributed by atoms with Crippen LogP contribution in [-0.2, 0) is 6.42 Å². The van der Waals surface area contributed by atoms with Gasteiger partial charge in [-0.05, 0) is 6.92 Å². The Labute approximate surface area is 109 Å². The Morgan fingerprint density at radius 1 is 1.42 bits per heavy atom. The molecule has 0 spiro atoms. The second kappa shape index (κ2) is 5.85. The molecule has 0 atom stereocenters. The molecule has 0 unspecified atom stereocenters. The summed E-state index contributed by atoms with van der Waals surface area (Å²) in [5, 5.41) is 2.68. The zero-order valence-electron chi connectivity index (χ0n) is 10.4. The molecule has 1 amide bonds. The van der Waals surface area contributed by atoms with Crippen molar-refractivity contribution in [1.29, 1.82) is 0 Å². The van der Waals surface area contributed by atoms with Gasteiger partial charge in [0, 0.05) is 37.1 Å². The Kier molecular flexibility index (Phi) is 3.97. The van der Waals surface area contributed by atoms with E-state index < -0.39 is 0 Å². The number of aromatic amines is 1. The average Bonchev–Trinajstić information content (AvgIpc) is 2.38. The average molecular weight is 259 g/mol. The van der Waals surface area contributed by atoms with Crippen LogP contribution in [-0.4, -0.2) is 32.4 Å². The highest BCUT2D eigenvalue weighted by molar-refractivity contribution is 5.91. The number of carbonyl (C=O) groups excluding carboxylic acids is 1. The molecule has 0 aromatic carbocycles. The first-order chi connectivity index (χ1) is 9.15. The summed E-state index contributed by atoms with van der Waals surface area (Å²) in [7, 11) is 0. The van der Waals surface area contributed by atoms with Crippen LogP contribution in [0, 0.1) is 6.92 Å². The largest absolute Gasteiger partial charge is 0.350 e. The third-order valence-electron chi connectivity index (χ3n) is 2.36. The summed E-state index contributed by atoms with van der Waals surface area (Å²) in [6.07, 6.45) is 4.79. The number of hydrogen-bond acceptors (Lipinski definition) is 5. The molecule has 19 heavy (non-hydrogen) atoms. The van der Waals surface area contributed by atoms with E-state index in [-0.39, 0.29) is 17.2 Å². The molecule has 0 fully saturated rings. The predicted octanol–water partition coefficient (Wildman–Crippen LogP) is -0.159. The van der Waals surface area contributed by atoms with E-state index >= 15 is 0 Å². The fraction of sp³-hybridized carbons (Fsp3) is 0.250. The molecule has 7 nitrogen and oxygen atoms in total. The van der Waals surface area contributed by atoms with Gasteiger partial charge in [-0.1, -0.05) is 0 Å². The van der Waals surface area contributed by atoms with Crippen molar-refractivity contribution in [1.82, 2.24) is 25.3 Å². The molecule has 0 radical (unpaired) electrons. The van der Waals surface area contributed by atoms with Crippen LogP contribution in [0.5, 0.6) is 0 Å². The number of H-pyrrole nitrogens is 1. The summed E-state index contributed by atoms with van der Waals surface area (Å²) in [4.78, 5) is 37.4. The van der Waals surface area contributed by atoms with Crippen LogP contribution in [0.3, 0.4) is 0 Å². The Balaban J connectivity index is 1.90. The van der Waals surface area contributed by atoms with Gasteiger partial charge in [-0.25, -0.2) is 9.97 Å². The van der Waals surface area contributed by atoms with Crippen LogP contribution in [0.2, 0.25) is 0 Å². The van der Waals surface area contributed by atoms with Gasteiger partial charge in [0.2, 0.25) is 0 Å². The van der Waals surface area contributed by atoms with E-state index in [1.54, 1.807) is 6.92 Å². The first kappa shape index (κ1) is 12.9. The Bertz CT molecular complexity index is 624. The monoisotopic (exact) mass is 259 g/mol. The zero-order valence-corrected chi connectivity index (χ0v) is 10.4. The van der Waals surface area contributed by atoms with Gasteiger partial charge in [0.15, 0.2) is 0 Å². The van der Waals surface area contributed by atoms with Crippen molar-refractivity contribution in [3.8, 4) is 0 Å². The molecule has 0 saturated heterocycles. The number of nitrogens with zero attached hydrogens (tertiary/aromatic N) is 3. The summed E-state index contributed by atoms with van der Waals surface area (Å²) in [5.74, 6) is 0.243. The van der Waals surface area contributed by atoms with Gasteiger partial charge in [-0.15, -0.1) is 0 Å². The molecule has 0 aliphatic heterocycles. The van der Waals surface area contributed by atoms with Crippen molar-refractivity contribution in [3.05, 3.63) is 52.2 Å². The van der Waals surface area contributed by atoms with Crippen molar-refractivity contribution in [3.63, 3.8) is 0 Å². The molecular weight excluding hydrogens is 246 g/mol. The lowest BCUT2D eigenvalue weighted by Gasteiger charge is -2.04. The number of rotatable bonds is 4. The predicted molar refractivity (Wildman–Crippen MR) is 67.7 cm³/mol. The number of amides is 1. The second-order valence-electron chi connectivity index (χ2n) is 3.93. The van der Waals surface area contributed by atoms with E-state index in [0.717, 1.165) is 0 Å². The van der Waals surface area contributed by atoms with Gasteiger partial charge >= 0.3 is 0 Å². The van der Waals surface area contributed by atoms with E-state index in [9.17, 15) is 9.59 Å². The van der Waals surface area contributed by atoms with Gasteiger partial charge in [0.05, 0.1) is 6.20 Å². The minimum Gasteiger partial charge on any atom is -0.350 e. The van der Waals surface area contributed by atoms with Crippen LogP contribution in [0.25, 0.3) is 0 Å². The Morgan fingerprint density at radius 3 is 2.95 bits per heavy atom. The maximum Gasteiger partial charge on any atom is 0.271 e. The lowest BCUT2D eigenvalue weighted by atomic mass is 10.3. The van der Waals surface area contributed by atoms with Gasteiger partial charge in [-0.2, -0.15) is 0 Å². The molecule has 2 aromatic heterocycles. The first-order valence-corrected chi connectivity index (χ1v) is 5.76. The molecule has 0 saturated carbocycles. The summed E-state index contributed by atoms with van der Waals surface area (Å²) in [6, 6.07) is 1.42. The molecule has 2 heterocycles. The van der Waals surface area contributed by atoms with E-state index in [1.165, 1.54) is 24.7 Å². The summed E-state index contributed by atoms with van der Waals surface area (Å²) >= 11 is 0. The van der Waals surface area contributed by atoms with Crippen molar-refractivity contribution in [2.75, 3.05) is 6.54 Å². The molecule has 2 aromatic rings. The van der Waals surface area contributed by atoms with Crippen LogP contribution < -0.4 is 10.9 Å². The molecular formula is C12H13N5O2. The lowest BCUT2D eigenvalue weighted by molar-refractivity contribution is 0.0948. The van der Waals surface area contributed by atoms with E-state index in [0.29, 0.717) is 24.5 Å². The van der Waals surface area contributed by atoms with Crippen molar-refractivity contribution in [2.24, 2.45) is 0 Å². The van der Waals surface area contributed by atoms with Crippen molar-refractivity contribution >= 4 is 5.91 Å². The normalized spacial score (nSPS) is 10.2. The minimum absolute atomic E-state index is 0.192. The highest BCUT2D eigenvalue weighted by atomic mass is 16.2. The van der Waals surface area contributed by atoms with Crippen LogP contribution in [0.15, 0.2) is 29.5 Å². The standard InChI is InChI=1S/C12H13N5O2/c1-8-6-11(18)17-10(16-8)2-3-15-12(19)9-7-13-4-5-14-9/h4-7H,2-3H2,1H3,(H,15,19)(H,16,17,18). The smallest absolute Gasteiger partial charge is 0.271 e. The number of aryl methyl sites for hydroxylation is 1. The van der Waals surface area contributed by atoms with E-state index in [4.69, 9.17) is 0 Å². The molecule has 0 aliphatic rings. The Hall–Kier alpha value is -2.57. The molecule has 2 N–H and O–H groups in total. The van der Waals surface area contributed by atoms with Crippen molar-refractivity contribution < 1.29 is 4.79 Å². The number of aromatic nitrogens is 4. The number of nitrogens with one attached hydrogen (secondary N) is 2. The minimum atomic E-state index is -0.303. The van der Waals surface area contributed by atoms with Crippen LogP contribution >= 0.6 is 0 Å². The summed E-state index contributed by atoms with van der Waals surface area (Å²) in [5.41, 5.74) is 0.718. The highest BCUT2D eigenvalue weighted by Crippen LogP contribution is 1.92. The van der Waals surface area contributed by atoms with Gasteiger partial charge in [0.25, 0.3) is 11.5 Å². The van der Waals surface area contributed by atoms with Crippen LogP contribution in [0.1, 0.15) is 22.0 Å². The fourth-order valence-electron chi connectivity index (χ4n) is 1.56. The third kappa shape index (κ3) is 3.70. The first-order valence-electron chi connectivity index (χ1n) is 5.76. The lowest BCUT2D eigenvalue weighted by Crippen LogP contribution is -2.27. The third-order valence-corrected chi connectivity index (χ3v) is 2.36. The van der Waals surface area contributed by atoms with E-state index in [2.05, 4.69) is 25.3 Å². The SMILES string of the molecule is Cc1cc(=O)[nH]c(CCNC(=O)c2cnccn2)n1. The molecule has 7 heteroatoms. The van der Waals surface area contributed by atoms with Crippen LogP contribution in [0.4, 0.5) is 0 Å². The maximum absolute atomic E-state index is 11.7. The molecule has 2 rings (SSSR count). The topological polar surface area (TPSA) is 101 Å².